The predicted octanol–water partition coefficient (Wildman–Crippen LogP) is 2.43. The monoisotopic (exact) mass is 321 g/mol. The van der Waals surface area contributed by atoms with E-state index in [0.29, 0.717) is 5.82 Å². The van der Waals surface area contributed by atoms with Crippen molar-refractivity contribution in [3.05, 3.63) is 43.8 Å². The molecule has 2 heterocycles. The van der Waals surface area contributed by atoms with Gasteiger partial charge in [0, 0.05) is 6.07 Å². The fourth-order valence-electron chi connectivity index (χ4n) is 1.64. The lowest BCUT2D eigenvalue weighted by Gasteiger charge is -2.03. The van der Waals surface area contributed by atoms with Gasteiger partial charge in [-0.25, -0.2) is 9.67 Å². The van der Waals surface area contributed by atoms with Gasteiger partial charge in [0.2, 0.25) is 5.69 Å². The van der Waals surface area contributed by atoms with E-state index in [0.717, 1.165) is 15.9 Å². The number of hydrogen-bond acceptors (Lipinski definition) is 5. The Morgan fingerprint density at radius 1 is 1.47 bits per heavy atom. The molecule has 0 aliphatic heterocycles. The first kappa shape index (κ1) is 13.2. The fraction of sp³-hybridized carbons (Fsp3) is 0.182. The number of hydrogen-bond donors (Lipinski definition) is 0. The zero-order valence-corrected chi connectivity index (χ0v) is 11.7. The van der Waals surface area contributed by atoms with Crippen molar-refractivity contribution >= 4 is 21.6 Å². The van der Waals surface area contributed by atoms with E-state index in [1.165, 1.54) is 16.8 Å². The van der Waals surface area contributed by atoms with Crippen LogP contribution in [0.25, 0.3) is 5.82 Å². The molecule has 0 bridgehead atoms. The predicted molar refractivity (Wildman–Crippen MR) is 69.9 cm³/mol. The minimum atomic E-state index is -0.632. The van der Waals surface area contributed by atoms with Crippen molar-refractivity contribution in [2.24, 2.45) is 0 Å². The molecule has 0 spiro atoms. The first-order valence-corrected chi connectivity index (χ1v) is 6.02. The third-order valence-electron chi connectivity index (χ3n) is 2.58. The smallest absolute Gasteiger partial charge is 0.258 e. The molecule has 0 amide bonds. The molecule has 8 heteroatoms. The molecule has 96 valence electrons. The third kappa shape index (κ3) is 2.20. The van der Waals surface area contributed by atoms with Gasteiger partial charge in [-0.15, -0.1) is 0 Å². The average Bonchev–Trinajstić information content (AvgIpc) is 2.65. The van der Waals surface area contributed by atoms with E-state index < -0.39 is 4.92 Å². The molecule has 0 fully saturated rings. The molecule has 0 atom stereocenters. The van der Waals surface area contributed by atoms with Gasteiger partial charge in [0.15, 0.2) is 5.82 Å². The Balaban J connectivity index is 2.62. The van der Waals surface area contributed by atoms with Gasteiger partial charge in [-0.05, 0) is 35.8 Å². The van der Waals surface area contributed by atoms with E-state index in [4.69, 9.17) is 5.26 Å². The lowest BCUT2D eigenvalue weighted by molar-refractivity contribution is -0.385. The molecule has 0 N–H and O–H groups in total. The van der Waals surface area contributed by atoms with Crippen LogP contribution >= 0.6 is 15.9 Å². The number of nitro groups is 1. The average molecular weight is 322 g/mol. The van der Waals surface area contributed by atoms with Gasteiger partial charge in [0.1, 0.15) is 6.07 Å². The molecule has 0 saturated heterocycles. The quantitative estimate of drug-likeness (QED) is 0.625. The van der Waals surface area contributed by atoms with Crippen molar-refractivity contribution in [1.29, 1.82) is 5.26 Å². The summed E-state index contributed by atoms with van der Waals surface area (Å²) >= 11 is 3.39. The van der Waals surface area contributed by atoms with Crippen molar-refractivity contribution < 1.29 is 4.92 Å². The summed E-state index contributed by atoms with van der Waals surface area (Å²) in [5.41, 5.74) is 1.04. The summed E-state index contributed by atoms with van der Waals surface area (Å²) < 4.78 is 2.37. The summed E-state index contributed by atoms with van der Waals surface area (Å²) in [5, 5.41) is 23.9. The molecular weight excluding hydrogens is 314 g/mol. The Hall–Kier alpha value is -2.27. The minimum Gasteiger partial charge on any atom is -0.258 e. The van der Waals surface area contributed by atoms with Crippen molar-refractivity contribution in [3.63, 3.8) is 0 Å². The topological polar surface area (TPSA) is 97.6 Å². The summed E-state index contributed by atoms with van der Waals surface area (Å²) in [4.78, 5) is 14.1. The standard InChI is InChI=1S/C11H8BrN5O2/c1-6-11(12)7(2)16(15-6)10-4-3-9(17(18)19)8(5-13)14-10/h3-4H,1-2H3. The van der Waals surface area contributed by atoms with Crippen LogP contribution in [-0.4, -0.2) is 19.7 Å². The second-order valence-electron chi connectivity index (χ2n) is 3.80. The van der Waals surface area contributed by atoms with Crippen LogP contribution in [0.15, 0.2) is 16.6 Å². The SMILES string of the molecule is Cc1nn(-c2ccc([N+](=O)[O-])c(C#N)n2)c(C)c1Br. The molecule has 0 aliphatic carbocycles. The highest BCUT2D eigenvalue weighted by molar-refractivity contribution is 9.10. The normalized spacial score (nSPS) is 10.2. The molecule has 0 radical (unpaired) electrons. The summed E-state index contributed by atoms with van der Waals surface area (Å²) in [6.07, 6.45) is 0. The van der Waals surface area contributed by atoms with Crippen LogP contribution in [0.2, 0.25) is 0 Å². The highest BCUT2D eigenvalue weighted by Gasteiger charge is 2.18. The minimum absolute atomic E-state index is 0.230. The van der Waals surface area contributed by atoms with E-state index in [9.17, 15) is 10.1 Å². The van der Waals surface area contributed by atoms with Gasteiger partial charge < -0.3 is 0 Å². The Morgan fingerprint density at radius 3 is 2.63 bits per heavy atom. The van der Waals surface area contributed by atoms with E-state index in [-0.39, 0.29) is 11.4 Å². The number of aromatic nitrogens is 3. The summed E-state index contributed by atoms with van der Waals surface area (Å²) in [6.45, 7) is 3.66. The maximum Gasteiger partial charge on any atom is 0.305 e. The van der Waals surface area contributed by atoms with Crippen molar-refractivity contribution in [3.8, 4) is 11.9 Å². The van der Waals surface area contributed by atoms with Gasteiger partial charge in [-0.1, -0.05) is 0 Å². The Bertz CT molecular complexity index is 717. The summed E-state index contributed by atoms with van der Waals surface area (Å²) in [7, 11) is 0. The van der Waals surface area contributed by atoms with Crippen LogP contribution in [0.4, 0.5) is 5.69 Å². The van der Waals surface area contributed by atoms with Gasteiger partial charge >= 0.3 is 5.69 Å². The highest BCUT2D eigenvalue weighted by Crippen LogP contribution is 2.24. The molecule has 0 aromatic carbocycles. The number of pyridine rings is 1. The summed E-state index contributed by atoms with van der Waals surface area (Å²) in [6, 6.07) is 4.44. The number of nitriles is 1. The first-order chi connectivity index (χ1) is 8.95. The number of halogens is 1. The van der Waals surface area contributed by atoms with Gasteiger partial charge in [-0.3, -0.25) is 10.1 Å². The maximum absolute atomic E-state index is 10.7. The van der Waals surface area contributed by atoms with E-state index in [1.54, 1.807) is 6.07 Å². The van der Waals surface area contributed by atoms with Crippen LogP contribution in [-0.2, 0) is 0 Å². The number of rotatable bonds is 2. The van der Waals surface area contributed by atoms with Crippen LogP contribution in [0.5, 0.6) is 0 Å². The fourth-order valence-corrected chi connectivity index (χ4v) is 1.88. The van der Waals surface area contributed by atoms with Crippen molar-refractivity contribution in [2.75, 3.05) is 0 Å². The number of aryl methyl sites for hydroxylation is 1. The molecule has 2 rings (SSSR count). The second-order valence-corrected chi connectivity index (χ2v) is 4.60. The van der Waals surface area contributed by atoms with Gasteiger partial charge in [0.25, 0.3) is 0 Å². The van der Waals surface area contributed by atoms with Crippen LogP contribution in [0.1, 0.15) is 17.1 Å². The zero-order chi connectivity index (χ0) is 14.2. The van der Waals surface area contributed by atoms with E-state index >= 15 is 0 Å². The van der Waals surface area contributed by atoms with Crippen LogP contribution < -0.4 is 0 Å². The molecule has 2 aromatic heterocycles. The maximum atomic E-state index is 10.7. The molecule has 19 heavy (non-hydrogen) atoms. The molecule has 7 nitrogen and oxygen atoms in total. The largest absolute Gasteiger partial charge is 0.305 e. The van der Waals surface area contributed by atoms with Gasteiger partial charge in [-0.2, -0.15) is 10.4 Å². The second kappa shape index (κ2) is 4.78. The van der Waals surface area contributed by atoms with Crippen LogP contribution in [0, 0.1) is 35.3 Å². The van der Waals surface area contributed by atoms with Crippen LogP contribution in [0.3, 0.4) is 0 Å². The van der Waals surface area contributed by atoms with E-state index in [2.05, 4.69) is 26.0 Å². The Labute approximate surface area is 116 Å². The first-order valence-electron chi connectivity index (χ1n) is 5.23. The summed E-state index contributed by atoms with van der Waals surface area (Å²) in [5.74, 6) is 0.369. The molecule has 0 unspecified atom stereocenters. The van der Waals surface area contributed by atoms with E-state index in [1.807, 2.05) is 13.8 Å². The van der Waals surface area contributed by atoms with Gasteiger partial charge in [0.05, 0.1) is 20.8 Å². The van der Waals surface area contributed by atoms with Crippen molar-refractivity contribution in [1.82, 2.24) is 14.8 Å². The molecule has 0 saturated carbocycles. The Kier molecular flexibility index (Phi) is 3.31. The highest BCUT2D eigenvalue weighted by atomic mass is 79.9. The third-order valence-corrected chi connectivity index (χ3v) is 3.73. The molecule has 2 aromatic rings. The van der Waals surface area contributed by atoms with Crippen molar-refractivity contribution in [2.45, 2.75) is 13.8 Å². The Morgan fingerprint density at radius 2 is 2.16 bits per heavy atom. The molecule has 0 aliphatic rings. The number of nitrogens with zero attached hydrogens (tertiary/aromatic N) is 5. The zero-order valence-electron chi connectivity index (χ0n) is 10.1. The molecular formula is C11H8BrN5O2. The lowest BCUT2D eigenvalue weighted by atomic mass is 10.3. The lowest BCUT2D eigenvalue weighted by Crippen LogP contribution is -2.05.